The van der Waals surface area contributed by atoms with E-state index in [2.05, 4.69) is 10.3 Å². The Hall–Kier alpha value is -3.09. The molecule has 2 heterocycles. The molecule has 2 aromatic carbocycles. The molecule has 1 aliphatic rings. The molecule has 1 atom stereocenters. The zero-order chi connectivity index (χ0) is 22.7. The molecular formula is C24H21Cl2N3O3. The zero-order valence-electron chi connectivity index (χ0n) is 17.3. The van der Waals surface area contributed by atoms with Gasteiger partial charge in [-0.2, -0.15) is 0 Å². The van der Waals surface area contributed by atoms with E-state index in [1.54, 1.807) is 35.2 Å². The number of pyridine rings is 1. The highest BCUT2D eigenvalue weighted by molar-refractivity contribution is 6.33. The van der Waals surface area contributed by atoms with Gasteiger partial charge in [0.1, 0.15) is 10.9 Å². The Bertz CT molecular complexity index is 1170. The number of carbonyl (C=O) groups is 2. The molecule has 0 aliphatic carbocycles. The van der Waals surface area contributed by atoms with Gasteiger partial charge in [-0.15, -0.1) is 0 Å². The summed E-state index contributed by atoms with van der Waals surface area (Å²) in [6.07, 6.45) is 1.47. The molecule has 6 nitrogen and oxygen atoms in total. The standard InChI is InChI=1S/C24H21Cl2N3O3/c1-2-20-24(31)29(13-15-6-3-4-8-19(15)25)14-16-12-17(9-10-21(16)32-20)28-23(30)18-7-5-11-27-22(18)26/h3-12,20H,2,13-14H2,1H3,(H,28,30). The van der Waals surface area contributed by atoms with Crippen molar-refractivity contribution in [2.75, 3.05) is 5.32 Å². The Balaban J connectivity index is 1.61. The average Bonchev–Trinajstić information content (AvgIpc) is 2.91. The molecule has 0 fully saturated rings. The molecule has 0 bridgehead atoms. The molecule has 0 saturated carbocycles. The first-order valence-corrected chi connectivity index (χ1v) is 11.0. The van der Waals surface area contributed by atoms with E-state index in [0.717, 1.165) is 11.1 Å². The minimum atomic E-state index is -0.589. The highest BCUT2D eigenvalue weighted by atomic mass is 35.5. The van der Waals surface area contributed by atoms with E-state index >= 15 is 0 Å². The lowest BCUT2D eigenvalue weighted by Crippen LogP contribution is -2.38. The summed E-state index contributed by atoms with van der Waals surface area (Å²) in [5.41, 5.74) is 2.49. The molecule has 2 amide bonds. The van der Waals surface area contributed by atoms with Gasteiger partial charge in [0.15, 0.2) is 6.10 Å². The molecule has 4 rings (SSSR count). The number of nitrogens with zero attached hydrogens (tertiary/aromatic N) is 2. The monoisotopic (exact) mass is 469 g/mol. The smallest absolute Gasteiger partial charge is 0.264 e. The van der Waals surface area contributed by atoms with Crippen molar-refractivity contribution in [3.8, 4) is 5.75 Å². The van der Waals surface area contributed by atoms with Crippen LogP contribution in [-0.2, 0) is 17.9 Å². The number of halogens is 2. The molecule has 164 valence electrons. The van der Waals surface area contributed by atoms with Crippen molar-refractivity contribution in [3.05, 3.63) is 87.7 Å². The van der Waals surface area contributed by atoms with E-state index in [4.69, 9.17) is 27.9 Å². The van der Waals surface area contributed by atoms with E-state index < -0.39 is 6.10 Å². The number of amides is 2. The molecule has 0 spiro atoms. The second-order valence-corrected chi connectivity index (χ2v) is 8.18. The number of aromatic nitrogens is 1. The van der Waals surface area contributed by atoms with Gasteiger partial charge in [0.25, 0.3) is 11.8 Å². The van der Waals surface area contributed by atoms with Gasteiger partial charge in [0.05, 0.1) is 5.56 Å². The van der Waals surface area contributed by atoms with Crippen molar-refractivity contribution in [1.29, 1.82) is 0 Å². The molecular weight excluding hydrogens is 449 g/mol. The first-order valence-electron chi connectivity index (χ1n) is 10.2. The molecule has 0 radical (unpaired) electrons. The Morgan fingerprint density at radius 2 is 2.00 bits per heavy atom. The highest BCUT2D eigenvalue weighted by Crippen LogP contribution is 2.31. The number of fused-ring (bicyclic) bond motifs is 1. The van der Waals surface area contributed by atoms with Gasteiger partial charge in [-0.1, -0.05) is 48.3 Å². The maximum atomic E-state index is 13.1. The number of benzene rings is 2. The summed E-state index contributed by atoms with van der Waals surface area (Å²) < 4.78 is 6.01. The molecule has 8 heteroatoms. The van der Waals surface area contributed by atoms with E-state index in [0.29, 0.717) is 36.0 Å². The van der Waals surface area contributed by atoms with Gasteiger partial charge < -0.3 is 15.0 Å². The van der Waals surface area contributed by atoms with Crippen molar-refractivity contribution >= 4 is 40.7 Å². The summed E-state index contributed by atoms with van der Waals surface area (Å²) in [6.45, 7) is 2.60. The second kappa shape index (κ2) is 9.59. The third-order valence-electron chi connectivity index (χ3n) is 5.23. The SMILES string of the molecule is CCC1Oc2ccc(NC(=O)c3cccnc3Cl)cc2CN(Cc2ccccc2Cl)C1=O. The largest absolute Gasteiger partial charge is 0.480 e. The van der Waals surface area contributed by atoms with Gasteiger partial charge in [-0.05, 0) is 48.4 Å². The highest BCUT2D eigenvalue weighted by Gasteiger charge is 2.30. The van der Waals surface area contributed by atoms with E-state index in [1.807, 2.05) is 31.2 Å². The predicted molar refractivity (Wildman–Crippen MR) is 124 cm³/mol. The van der Waals surface area contributed by atoms with Crippen molar-refractivity contribution in [2.24, 2.45) is 0 Å². The summed E-state index contributed by atoms with van der Waals surface area (Å²) in [5.74, 6) is 0.147. The molecule has 1 unspecified atom stereocenters. The van der Waals surface area contributed by atoms with Crippen LogP contribution in [0.5, 0.6) is 5.75 Å². The first-order chi connectivity index (χ1) is 15.5. The van der Waals surface area contributed by atoms with Crippen molar-refractivity contribution < 1.29 is 14.3 Å². The molecule has 0 saturated heterocycles. The number of hydrogen-bond acceptors (Lipinski definition) is 4. The first kappa shape index (κ1) is 22.1. The fourth-order valence-corrected chi connectivity index (χ4v) is 3.97. The lowest BCUT2D eigenvalue weighted by atomic mass is 10.1. The van der Waals surface area contributed by atoms with Crippen LogP contribution < -0.4 is 10.1 Å². The summed E-state index contributed by atoms with van der Waals surface area (Å²) in [5, 5.41) is 3.57. The van der Waals surface area contributed by atoms with E-state index in [1.165, 1.54) is 6.20 Å². The maximum Gasteiger partial charge on any atom is 0.264 e. The Morgan fingerprint density at radius 1 is 1.19 bits per heavy atom. The van der Waals surface area contributed by atoms with Crippen molar-refractivity contribution in [3.63, 3.8) is 0 Å². The lowest BCUT2D eigenvalue weighted by molar-refractivity contribution is -0.139. The molecule has 1 N–H and O–H groups in total. The quantitative estimate of drug-likeness (QED) is 0.511. The third-order valence-corrected chi connectivity index (χ3v) is 5.90. The molecule has 3 aromatic rings. The topological polar surface area (TPSA) is 71.5 Å². The van der Waals surface area contributed by atoms with Crippen LogP contribution in [-0.4, -0.2) is 27.8 Å². The van der Waals surface area contributed by atoms with Crippen molar-refractivity contribution in [2.45, 2.75) is 32.5 Å². The summed E-state index contributed by atoms with van der Waals surface area (Å²) in [7, 11) is 0. The minimum Gasteiger partial charge on any atom is -0.480 e. The zero-order valence-corrected chi connectivity index (χ0v) is 18.9. The summed E-state index contributed by atoms with van der Waals surface area (Å²) in [4.78, 5) is 31.4. The van der Waals surface area contributed by atoms with E-state index in [9.17, 15) is 9.59 Å². The van der Waals surface area contributed by atoms with Gasteiger partial charge in [-0.3, -0.25) is 9.59 Å². The number of hydrogen-bond donors (Lipinski definition) is 1. The van der Waals surface area contributed by atoms with Crippen LogP contribution in [0.1, 0.15) is 34.8 Å². The Kier molecular flexibility index (Phi) is 6.63. The molecule has 32 heavy (non-hydrogen) atoms. The van der Waals surface area contributed by atoms with Crippen LogP contribution in [0, 0.1) is 0 Å². The van der Waals surface area contributed by atoms with Gasteiger partial charge in [0, 0.05) is 35.6 Å². The summed E-state index contributed by atoms with van der Waals surface area (Å²) >= 11 is 12.4. The number of carbonyl (C=O) groups excluding carboxylic acids is 2. The number of rotatable bonds is 5. The summed E-state index contributed by atoms with van der Waals surface area (Å²) in [6, 6.07) is 16.0. The van der Waals surface area contributed by atoms with Crippen LogP contribution in [0.3, 0.4) is 0 Å². The second-order valence-electron chi connectivity index (χ2n) is 7.42. The minimum absolute atomic E-state index is 0.101. The van der Waals surface area contributed by atoms with Crippen LogP contribution in [0.15, 0.2) is 60.8 Å². The van der Waals surface area contributed by atoms with Crippen LogP contribution >= 0.6 is 23.2 Å². The van der Waals surface area contributed by atoms with Crippen LogP contribution in [0.25, 0.3) is 0 Å². The predicted octanol–water partition coefficient (Wildman–Crippen LogP) is 5.34. The third kappa shape index (κ3) is 4.71. The maximum absolute atomic E-state index is 13.1. The van der Waals surface area contributed by atoms with Gasteiger partial charge in [-0.25, -0.2) is 4.98 Å². The van der Waals surface area contributed by atoms with Crippen LogP contribution in [0.4, 0.5) is 5.69 Å². The Morgan fingerprint density at radius 3 is 2.75 bits per heavy atom. The normalized spacial score (nSPS) is 15.5. The van der Waals surface area contributed by atoms with Crippen LogP contribution in [0.2, 0.25) is 10.2 Å². The van der Waals surface area contributed by atoms with Crippen molar-refractivity contribution in [1.82, 2.24) is 9.88 Å². The average molecular weight is 470 g/mol. The Labute approximate surface area is 196 Å². The fraction of sp³-hybridized carbons (Fsp3) is 0.208. The van der Waals surface area contributed by atoms with E-state index in [-0.39, 0.29) is 22.5 Å². The number of ether oxygens (including phenoxy) is 1. The molecule has 1 aliphatic heterocycles. The molecule has 1 aromatic heterocycles. The van der Waals surface area contributed by atoms with Gasteiger partial charge in [0.2, 0.25) is 0 Å². The fourth-order valence-electron chi connectivity index (χ4n) is 3.56. The number of anilines is 1. The lowest BCUT2D eigenvalue weighted by Gasteiger charge is -2.23. The number of nitrogens with one attached hydrogen (secondary N) is 1. The van der Waals surface area contributed by atoms with Gasteiger partial charge >= 0.3 is 0 Å².